The van der Waals surface area contributed by atoms with Crippen molar-refractivity contribution in [3.63, 3.8) is 0 Å². The molecule has 0 bridgehead atoms. The van der Waals surface area contributed by atoms with E-state index in [-0.39, 0.29) is 6.61 Å². The molecule has 5 atom stereocenters. The van der Waals surface area contributed by atoms with Crippen LogP contribution in [0.2, 0.25) is 38.3 Å². The smallest absolute Gasteiger partial charge is 0.303 e. The minimum atomic E-state index is -2.23. The summed E-state index contributed by atoms with van der Waals surface area (Å²) >= 11 is 0. The van der Waals surface area contributed by atoms with Crippen LogP contribution >= 0.6 is 0 Å². The van der Waals surface area contributed by atoms with Crippen molar-refractivity contribution in [2.24, 2.45) is 0 Å². The third kappa shape index (κ3) is 11.5. The number of carbonyl (C=O) groups excluding carboxylic acids is 3. The Morgan fingerprint density at radius 3 is 1.66 bits per heavy atom. The lowest BCUT2D eigenvalue weighted by Crippen LogP contribution is -2.64. The number of carbonyl (C=O) groups is 3. The number of hydrogen-bond donors (Lipinski definition) is 0. The normalized spacial score (nSPS) is 25.1. The molecule has 0 aromatic rings. The summed E-state index contributed by atoms with van der Waals surface area (Å²) in [5.74, 6) is -1.74. The zero-order chi connectivity index (χ0) is 26.8. The van der Waals surface area contributed by atoms with Crippen molar-refractivity contribution in [1.29, 1.82) is 0 Å². The van der Waals surface area contributed by atoms with Crippen LogP contribution < -0.4 is 0 Å². The molecule has 35 heavy (non-hydrogen) atoms. The highest BCUT2D eigenvalue weighted by Crippen LogP contribution is 2.33. The lowest BCUT2D eigenvalue weighted by molar-refractivity contribution is -0.289. The fourth-order valence-corrected chi connectivity index (χ4v) is 8.15. The topological polar surface area (TPSA) is 107 Å². The van der Waals surface area contributed by atoms with E-state index in [2.05, 4.69) is 40.0 Å². The van der Waals surface area contributed by atoms with E-state index in [0.29, 0.717) is 0 Å². The molecule has 0 radical (unpaired) electrons. The van der Waals surface area contributed by atoms with E-state index in [9.17, 15) is 14.4 Å². The van der Waals surface area contributed by atoms with Crippen LogP contribution in [0.4, 0.5) is 0 Å². The summed E-state index contributed by atoms with van der Waals surface area (Å²) in [6.45, 7) is 16.6. The molecule has 0 N–H and O–H groups in total. The van der Waals surface area contributed by atoms with Gasteiger partial charge in [-0.3, -0.25) is 14.4 Å². The SMILES string of the molecule is CCCC[Si](C)(C)OC[C@H]1O[C@H](O[Si](C)(C)CCCC)[C@H](OC(C)=O)[C@@H](OC(C)=O)[C@@H]1OC(C)=O. The van der Waals surface area contributed by atoms with Crippen molar-refractivity contribution >= 4 is 34.5 Å². The fourth-order valence-electron chi connectivity index (χ4n) is 4.04. The molecule has 204 valence electrons. The summed E-state index contributed by atoms with van der Waals surface area (Å²) in [6, 6.07) is 1.87. The lowest BCUT2D eigenvalue weighted by Gasteiger charge is -2.46. The highest BCUT2D eigenvalue weighted by molar-refractivity contribution is 6.71. The highest BCUT2D eigenvalue weighted by Gasteiger charge is 2.53. The largest absolute Gasteiger partial charge is 0.456 e. The Morgan fingerprint density at radius 2 is 1.17 bits per heavy atom. The van der Waals surface area contributed by atoms with Crippen molar-refractivity contribution in [1.82, 2.24) is 0 Å². The first-order chi connectivity index (χ1) is 16.2. The summed E-state index contributed by atoms with van der Waals surface area (Å²) < 4.78 is 35.8. The van der Waals surface area contributed by atoms with Gasteiger partial charge in [0.05, 0.1) is 6.61 Å². The molecule has 0 aliphatic carbocycles. The summed E-state index contributed by atoms with van der Waals surface area (Å²) in [5, 5.41) is 0. The van der Waals surface area contributed by atoms with Gasteiger partial charge < -0.3 is 27.8 Å². The standard InChI is InChI=1S/C24H46O9Si2/c1-10-12-14-34(6,7)28-16-20-21(29-17(3)25)22(30-18(4)26)23(31-19(5)27)24(32-20)33-35(8,9)15-13-11-2/h20-24H,10-16H2,1-9H3/t20-,21-,22+,23-,24-/m1/s1. The molecule has 1 fully saturated rings. The predicted molar refractivity (Wildman–Crippen MR) is 137 cm³/mol. The molecular weight excluding hydrogens is 488 g/mol. The van der Waals surface area contributed by atoms with Crippen LogP contribution in [0, 0.1) is 0 Å². The third-order valence-electron chi connectivity index (χ3n) is 5.84. The van der Waals surface area contributed by atoms with Crippen molar-refractivity contribution < 1.29 is 42.2 Å². The minimum absolute atomic E-state index is 0.141. The van der Waals surface area contributed by atoms with Crippen LogP contribution in [0.1, 0.15) is 60.3 Å². The maximum absolute atomic E-state index is 12.0. The van der Waals surface area contributed by atoms with E-state index < -0.39 is 65.2 Å². The van der Waals surface area contributed by atoms with E-state index in [1.807, 2.05) is 0 Å². The maximum Gasteiger partial charge on any atom is 0.303 e. The van der Waals surface area contributed by atoms with Gasteiger partial charge in [-0.1, -0.05) is 39.5 Å². The molecule has 0 amide bonds. The van der Waals surface area contributed by atoms with Gasteiger partial charge in [-0.25, -0.2) is 0 Å². The van der Waals surface area contributed by atoms with Gasteiger partial charge >= 0.3 is 17.9 Å². The van der Waals surface area contributed by atoms with Crippen LogP contribution in [0.3, 0.4) is 0 Å². The van der Waals surface area contributed by atoms with Gasteiger partial charge in [0.1, 0.15) is 6.10 Å². The van der Waals surface area contributed by atoms with Crippen LogP contribution in [0.15, 0.2) is 0 Å². The Hall–Kier alpha value is -1.28. The van der Waals surface area contributed by atoms with Crippen LogP contribution in [0.25, 0.3) is 0 Å². The summed E-state index contributed by atoms with van der Waals surface area (Å²) in [4.78, 5) is 36.1. The third-order valence-corrected chi connectivity index (χ3v) is 10.8. The van der Waals surface area contributed by atoms with Crippen molar-refractivity contribution in [2.45, 2.75) is 129 Å². The van der Waals surface area contributed by atoms with Gasteiger partial charge in [0.2, 0.25) is 0 Å². The zero-order valence-electron chi connectivity index (χ0n) is 23.0. The second-order valence-corrected chi connectivity index (χ2v) is 19.0. The first-order valence-corrected chi connectivity index (χ1v) is 18.9. The van der Waals surface area contributed by atoms with Gasteiger partial charge in [0, 0.05) is 20.8 Å². The molecule has 0 aromatic carbocycles. The van der Waals surface area contributed by atoms with Crippen LogP contribution in [-0.2, 0) is 42.2 Å². The van der Waals surface area contributed by atoms with Crippen LogP contribution in [-0.4, -0.2) is 71.9 Å². The Bertz CT molecular complexity index is 698. The monoisotopic (exact) mass is 534 g/mol. The molecule has 0 spiro atoms. The summed E-state index contributed by atoms with van der Waals surface area (Å²) in [7, 11) is -4.24. The van der Waals surface area contributed by atoms with Gasteiger partial charge in [0.25, 0.3) is 0 Å². The van der Waals surface area contributed by atoms with Crippen molar-refractivity contribution in [2.75, 3.05) is 6.61 Å². The van der Waals surface area contributed by atoms with Gasteiger partial charge in [-0.15, -0.1) is 0 Å². The fraction of sp³-hybridized carbons (Fsp3) is 0.875. The van der Waals surface area contributed by atoms with E-state index >= 15 is 0 Å². The molecule has 0 unspecified atom stereocenters. The van der Waals surface area contributed by atoms with E-state index in [1.54, 1.807) is 0 Å². The van der Waals surface area contributed by atoms with Gasteiger partial charge in [0.15, 0.2) is 41.2 Å². The Balaban J connectivity index is 3.34. The molecule has 1 saturated heterocycles. The molecule has 1 aliphatic rings. The lowest BCUT2D eigenvalue weighted by atomic mass is 9.98. The number of ether oxygens (including phenoxy) is 4. The second kappa shape index (κ2) is 14.5. The first-order valence-electron chi connectivity index (χ1n) is 12.7. The summed E-state index contributed by atoms with van der Waals surface area (Å²) in [6.07, 6.45) is -0.786. The molecule has 1 rings (SSSR count). The Labute approximate surface area is 212 Å². The number of rotatable bonds is 14. The Kier molecular flexibility index (Phi) is 13.1. The predicted octanol–water partition coefficient (Wildman–Crippen LogP) is 4.55. The second-order valence-electron chi connectivity index (χ2n) is 10.4. The molecule has 9 nitrogen and oxygen atoms in total. The van der Waals surface area contributed by atoms with Gasteiger partial charge in [-0.05, 0) is 38.3 Å². The zero-order valence-corrected chi connectivity index (χ0v) is 25.0. The van der Waals surface area contributed by atoms with Crippen molar-refractivity contribution in [3.05, 3.63) is 0 Å². The molecule has 1 aliphatic heterocycles. The van der Waals surface area contributed by atoms with E-state index in [0.717, 1.165) is 37.8 Å². The van der Waals surface area contributed by atoms with Crippen molar-refractivity contribution in [3.8, 4) is 0 Å². The van der Waals surface area contributed by atoms with Gasteiger partial charge in [-0.2, -0.15) is 0 Å². The number of hydrogen-bond acceptors (Lipinski definition) is 9. The molecule has 1 heterocycles. The number of esters is 3. The summed E-state index contributed by atoms with van der Waals surface area (Å²) in [5.41, 5.74) is 0. The molecule has 0 aromatic heterocycles. The quantitative estimate of drug-likeness (QED) is 0.180. The average molecular weight is 535 g/mol. The van der Waals surface area contributed by atoms with Crippen LogP contribution in [0.5, 0.6) is 0 Å². The van der Waals surface area contributed by atoms with E-state index in [4.69, 9.17) is 27.8 Å². The first kappa shape index (κ1) is 31.8. The average Bonchev–Trinajstić information content (AvgIpc) is 2.72. The van der Waals surface area contributed by atoms with E-state index in [1.165, 1.54) is 20.8 Å². The highest BCUT2D eigenvalue weighted by atomic mass is 28.4. The maximum atomic E-state index is 12.0. The number of unbranched alkanes of at least 4 members (excludes halogenated alkanes) is 2. The Morgan fingerprint density at radius 1 is 0.714 bits per heavy atom. The molecular formula is C24H46O9Si2. The molecule has 11 heteroatoms. The minimum Gasteiger partial charge on any atom is -0.456 e. The molecule has 0 saturated carbocycles.